The van der Waals surface area contributed by atoms with Crippen molar-refractivity contribution < 1.29 is 38.2 Å². The number of aliphatic hydroxyl groups excluding tert-OH is 1. The number of anilines is 1. The number of carbonyl (C=O) groups excluding carboxylic acids is 2. The van der Waals surface area contributed by atoms with Crippen LogP contribution in [-0.2, 0) is 9.59 Å². The number of phenols is 1. The summed E-state index contributed by atoms with van der Waals surface area (Å²) in [5, 5.41) is 34.5. The zero-order chi connectivity index (χ0) is 52.8. The van der Waals surface area contributed by atoms with E-state index in [9.17, 15) is 19.8 Å². The summed E-state index contributed by atoms with van der Waals surface area (Å²) in [4.78, 5) is 53.8. The quantitative estimate of drug-likeness (QED) is 0.0722. The average molecular weight is 1050 g/mol. The minimum absolute atomic E-state index is 0.0236. The molecule has 4 fully saturated rings. The van der Waals surface area contributed by atoms with Gasteiger partial charge in [-0.25, -0.2) is 9.37 Å². The van der Waals surface area contributed by atoms with Gasteiger partial charge in [-0.3, -0.25) is 19.5 Å². The molecule has 7 aromatic rings. The number of aryl methyl sites for hydroxylation is 2. The second-order valence-electron chi connectivity index (χ2n) is 21.5. The number of aromatic hydroxyl groups is 1. The largest absolute Gasteiger partial charge is 0.508 e. The Morgan fingerprint density at radius 1 is 0.961 bits per heavy atom. The Kier molecular flexibility index (Phi) is 14.6. The molecular weight excluding hydrogens is 988 g/mol. The van der Waals surface area contributed by atoms with Crippen LogP contribution >= 0.6 is 11.3 Å². The Labute approximate surface area is 444 Å². The minimum atomic E-state index is -0.849. The van der Waals surface area contributed by atoms with Crippen molar-refractivity contribution in [1.82, 2.24) is 45.5 Å². The first-order valence-electron chi connectivity index (χ1n) is 26.6. The molecule has 2 bridgehead atoms. The molecule has 0 saturated carbocycles. The van der Waals surface area contributed by atoms with Crippen LogP contribution in [-0.4, -0.2) is 134 Å². The standard InChI is InChI=1S/C57H65FN10O7S/c1-31(2)48(56(72)68-28-42(70)23-45(68)55(71)61-33(4)36-9-11-37(12-10-36)53-34(5)60-30-76-53)46-24-47(65-75-46)74-29-35-15-17-66(18-16-35)19-20-73-57-63-52-44(54(64-57)67-26-39-13-14-40(27-67)62-39)25-59-51(50(52)58)43-22-41(69)21-38-8-6-7-32(3)49(38)43/h6-12,21-22,24-25,30-31,33,35,39-40,42,45,48,62,69-70H,13-20,23,26-29H2,1-5H3,(H,61,71)/t33-,39?,40?,42+,45-,48+/m0/s1. The molecule has 0 radical (unpaired) electrons. The van der Waals surface area contributed by atoms with Crippen LogP contribution < -0.4 is 25.0 Å². The van der Waals surface area contributed by atoms with Gasteiger partial charge in [0.25, 0.3) is 5.88 Å². The second kappa shape index (κ2) is 21.7. The molecule has 2 amide bonds. The number of likely N-dealkylation sites (tertiary alicyclic amines) is 2. The minimum Gasteiger partial charge on any atom is -0.508 e. The van der Waals surface area contributed by atoms with E-state index in [0.717, 1.165) is 89.9 Å². The number of aliphatic hydroxyl groups is 1. The maximum Gasteiger partial charge on any atom is 0.319 e. The monoisotopic (exact) mass is 1050 g/mol. The van der Waals surface area contributed by atoms with Gasteiger partial charge in [0.2, 0.25) is 11.8 Å². The molecule has 8 heterocycles. The second-order valence-corrected chi connectivity index (χ2v) is 22.3. The summed E-state index contributed by atoms with van der Waals surface area (Å²) >= 11 is 1.59. The normalized spacial score (nSPS) is 20.9. The highest BCUT2D eigenvalue weighted by Gasteiger charge is 2.44. The number of aromatic nitrogens is 5. The number of nitrogens with zero attached hydrogens (tertiary/aromatic N) is 8. The molecule has 4 aromatic heterocycles. The third-order valence-electron chi connectivity index (χ3n) is 15.8. The van der Waals surface area contributed by atoms with E-state index in [4.69, 9.17) is 19.0 Å². The summed E-state index contributed by atoms with van der Waals surface area (Å²) in [6.45, 7) is 14.2. The fourth-order valence-electron chi connectivity index (χ4n) is 11.7. The summed E-state index contributed by atoms with van der Waals surface area (Å²) in [7, 11) is 0. The van der Waals surface area contributed by atoms with Crippen molar-refractivity contribution in [1.29, 1.82) is 0 Å². The van der Waals surface area contributed by atoms with Crippen molar-refractivity contribution in [2.24, 2.45) is 11.8 Å². The van der Waals surface area contributed by atoms with Crippen molar-refractivity contribution in [2.45, 2.75) is 103 Å². The molecule has 6 atom stereocenters. The number of piperidine rings is 1. The first-order chi connectivity index (χ1) is 36.7. The predicted octanol–water partition coefficient (Wildman–Crippen LogP) is 8.11. The van der Waals surface area contributed by atoms with Crippen LogP contribution in [0.25, 0.3) is 43.4 Å². The molecule has 11 rings (SSSR count). The molecule has 19 heteroatoms. The number of carbonyl (C=O) groups is 2. The summed E-state index contributed by atoms with van der Waals surface area (Å²) in [5.74, 6) is -0.662. The highest BCUT2D eigenvalue weighted by atomic mass is 32.1. The van der Waals surface area contributed by atoms with Gasteiger partial charge in [-0.15, -0.1) is 11.3 Å². The van der Waals surface area contributed by atoms with E-state index in [-0.39, 0.29) is 65.6 Å². The van der Waals surface area contributed by atoms with Crippen LogP contribution in [0.15, 0.2) is 76.9 Å². The van der Waals surface area contributed by atoms with Gasteiger partial charge in [0.1, 0.15) is 41.3 Å². The van der Waals surface area contributed by atoms with Gasteiger partial charge in [-0.2, -0.15) is 9.97 Å². The summed E-state index contributed by atoms with van der Waals surface area (Å²) in [6, 6.07) is 18.3. The number of piperazine rings is 1. The van der Waals surface area contributed by atoms with Gasteiger partial charge in [-0.1, -0.05) is 56.3 Å². The smallest absolute Gasteiger partial charge is 0.319 e. The molecule has 0 aliphatic carbocycles. The van der Waals surface area contributed by atoms with Gasteiger partial charge in [0.15, 0.2) is 11.6 Å². The zero-order valence-electron chi connectivity index (χ0n) is 43.5. The summed E-state index contributed by atoms with van der Waals surface area (Å²) in [6.07, 6.45) is 4.84. The van der Waals surface area contributed by atoms with E-state index in [1.807, 2.05) is 82.6 Å². The van der Waals surface area contributed by atoms with E-state index < -0.39 is 23.9 Å². The molecular formula is C57H65FN10O7S. The van der Waals surface area contributed by atoms with Gasteiger partial charge in [0, 0.05) is 62.5 Å². The Morgan fingerprint density at radius 3 is 2.47 bits per heavy atom. The number of rotatable bonds is 16. The highest BCUT2D eigenvalue weighted by Crippen LogP contribution is 2.40. The Balaban J connectivity index is 0.697. The van der Waals surface area contributed by atoms with Gasteiger partial charge in [0.05, 0.1) is 40.2 Å². The number of amides is 2. The van der Waals surface area contributed by atoms with Crippen LogP contribution in [0.2, 0.25) is 0 Å². The first kappa shape index (κ1) is 51.3. The molecule has 4 aliphatic rings. The summed E-state index contributed by atoms with van der Waals surface area (Å²) in [5.41, 5.74) is 6.44. The Hall–Kier alpha value is -6.80. The number of hydrogen-bond donors (Lipinski definition) is 4. The topological polar surface area (TPSA) is 204 Å². The molecule has 398 valence electrons. The van der Waals surface area contributed by atoms with Crippen LogP contribution in [0.4, 0.5) is 10.2 Å². The third-order valence-corrected chi connectivity index (χ3v) is 16.8. The fraction of sp³-hybridized carbons (Fsp3) is 0.456. The molecule has 17 nitrogen and oxygen atoms in total. The number of halogens is 1. The van der Waals surface area contributed by atoms with Crippen LogP contribution in [0.5, 0.6) is 17.6 Å². The van der Waals surface area contributed by atoms with E-state index >= 15 is 4.39 Å². The van der Waals surface area contributed by atoms with Crippen molar-refractivity contribution in [2.75, 3.05) is 57.4 Å². The van der Waals surface area contributed by atoms with Crippen molar-refractivity contribution >= 4 is 50.6 Å². The van der Waals surface area contributed by atoms with Gasteiger partial charge < -0.3 is 44.6 Å². The number of fused-ring (bicyclic) bond motifs is 4. The lowest BCUT2D eigenvalue weighted by Gasteiger charge is -2.34. The lowest BCUT2D eigenvalue weighted by atomic mass is 9.91. The predicted molar refractivity (Wildman–Crippen MR) is 288 cm³/mol. The van der Waals surface area contributed by atoms with Gasteiger partial charge >= 0.3 is 6.01 Å². The molecule has 4 saturated heterocycles. The number of benzene rings is 3. The lowest BCUT2D eigenvalue weighted by molar-refractivity contribution is -0.141. The summed E-state index contributed by atoms with van der Waals surface area (Å²) < 4.78 is 35.2. The van der Waals surface area contributed by atoms with E-state index in [2.05, 4.69) is 40.5 Å². The molecule has 4 aliphatic heterocycles. The van der Waals surface area contributed by atoms with Crippen LogP contribution in [0.1, 0.15) is 87.4 Å². The number of β-amino-alcohol motifs (C(OH)–C–C–N with tert-alkyl or cyclic N) is 1. The Morgan fingerprint density at radius 2 is 1.74 bits per heavy atom. The van der Waals surface area contributed by atoms with E-state index in [1.165, 1.54) is 4.90 Å². The maximum atomic E-state index is 17.0. The number of thiazole rings is 1. The molecule has 0 spiro atoms. The van der Waals surface area contributed by atoms with Crippen LogP contribution in [0.3, 0.4) is 0 Å². The fourth-order valence-corrected chi connectivity index (χ4v) is 12.5. The number of nitrogens with one attached hydrogen (secondary N) is 2. The van der Waals surface area contributed by atoms with E-state index in [1.54, 1.807) is 35.7 Å². The molecule has 2 unspecified atom stereocenters. The number of pyridine rings is 1. The SMILES string of the molecule is Cc1ncsc1-c1ccc([C@H](C)NC(=O)[C@@H]2C[C@@H](O)CN2C(=O)[C@@H](c2cc(OCC3CCN(CCOc4nc(N5CC6CCC(C5)N6)c5cnc(-c6cc(O)cc7cccc(C)c67)c(F)c5n4)CC3)no2)C(C)C)cc1. The van der Waals surface area contributed by atoms with Crippen LogP contribution in [0, 0.1) is 31.5 Å². The van der Waals surface area contributed by atoms with Crippen molar-refractivity contribution in [3.63, 3.8) is 0 Å². The highest BCUT2D eigenvalue weighted by molar-refractivity contribution is 7.13. The van der Waals surface area contributed by atoms with E-state index in [0.29, 0.717) is 60.2 Å². The van der Waals surface area contributed by atoms with Crippen molar-refractivity contribution in [3.05, 3.63) is 101 Å². The molecule has 4 N–H and O–H groups in total. The number of phenolic OH excluding ortho intramolecular Hbond substituents is 1. The first-order valence-corrected chi connectivity index (χ1v) is 27.5. The average Bonchev–Trinajstić information content (AvgIpc) is 4.26. The lowest BCUT2D eigenvalue weighted by Crippen LogP contribution is -2.51. The number of hydrogen-bond acceptors (Lipinski definition) is 16. The maximum absolute atomic E-state index is 17.0. The van der Waals surface area contributed by atoms with Gasteiger partial charge in [-0.05, 0) is 116 Å². The number of ether oxygens (including phenoxy) is 2. The third kappa shape index (κ3) is 10.5. The Bertz CT molecular complexity index is 3240. The molecule has 76 heavy (non-hydrogen) atoms. The molecule has 3 aromatic carbocycles. The van der Waals surface area contributed by atoms with Crippen molar-refractivity contribution in [3.8, 4) is 39.3 Å². The zero-order valence-corrected chi connectivity index (χ0v) is 44.4.